The topological polar surface area (TPSA) is 91.6 Å². The number of amides is 2. The van der Waals surface area contributed by atoms with Gasteiger partial charge in [-0.15, -0.1) is 11.3 Å². The summed E-state index contributed by atoms with van der Waals surface area (Å²) in [5.41, 5.74) is 4.32. The number of rotatable bonds is 5. The number of hydrogen-bond acceptors (Lipinski definition) is 6. The maximum Gasteiger partial charge on any atom is 0.274 e. The molecule has 0 aliphatic carbocycles. The van der Waals surface area contributed by atoms with Crippen LogP contribution in [0.1, 0.15) is 60.5 Å². The molecule has 0 unspecified atom stereocenters. The molecule has 5 rings (SSSR count). The van der Waals surface area contributed by atoms with Gasteiger partial charge in [0.25, 0.3) is 11.8 Å². The van der Waals surface area contributed by atoms with Crippen molar-refractivity contribution in [1.29, 1.82) is 0 Å². The van der Waals surface area contributed by atoms with Crippen LogP contribution >= 0.6 is 11.3 Å². The lowest BCUT2D eigenvalue weighted by atomic mass is 10.0. The number of likely N-dealkylation sites (tertiary alicyclic amines) is 1. The van der Waals surface area contributed by atoms with E-state index in [4.69, 9.17) is 5.10 Å². The van der Waals surface area contributed by atoms with Crippen LogP contribution in [0.5, 0.6) is 0 Å². The molecule has 0 atom stereocenters. The van der Waals surface area contributed by atoms with Crippen molar-refractivity contribution in [3.63, 3.8) is 0 Å². The van der Waals surface area contributed by atoms with E-state index in [-0.39, 0.29) is 17.9 Å². The van der Waals surface area contributed by atoms with Gasteiger partial charge in [-0.1, -0.05) is 30.3 Å². The lowest BCUT2D eigenvalue weighted by molar-refractivity contribution is 0.0536. The van der Waals surface area contributed by atoms with Gasteiger partial charge in [-0.3, -0.25) is 14.3 Å². The molecular weight excluding hydrogens is 462 g/mol. The Kier molecular flexibility index (Phi) is 6.71. The number of carbonyl (C=O) groups is 2. The molecule has 8 nitrogen and oxygen atoms in total. The van der Waals surface area contributed by atoms with Crippen molar-refractivity contribution in [1.82, 2.24) is 24.6 Å². The van der Waals surface area contributed by atoms with Gasteiger partial charge in [0, 0.05) is 43.9 Å². The Balaban J connectivity index is 1.43. The SMILES string of the molecule is Cc1nc(C)c(C(=O)N2CCc3c(c(C(=O)N4CCC(O)CC4)nn3CCc3ccccc3)C2)s1. The smallest absolute Gasteiger partial charge is 0.274 e. The van der Waals surface area contributed by atoms with E-state index >= 15 is 0 Å². The van der Waals surface area contributed by atoms with E-state index in [0.717, 1.165) is 28.4 Å². The van der Waals surface area contributed by atoms with Crippen LogP contribution in [-0.2, 0) is 25.9 Å². The molecule has 0 saturated carbocycles. The lowest BCUT2D eigenvalue weighted by Gasteiger charge is -2.30. The predicted octanol–water partition coefficient (Wildman–Crippen LogP) is 2.99. The van der Waals surface area contributed by atoms with Gasteiger partial charge in [-0.25, -0.2) is 4.98 Å². The molecule has 1 N–H and O–H groups in total. The molecule has 2 amide bonds. The van der Waals surface area contributed by atoms with E-state index < -0.39 is 0 Å². The van der Waals surface area contributed by atoms with Gasteiger partial charge >= 0.3 is 0 Å². The summed E-state index contributed by atoms with van der Waals surface area (Å²) >= 11 is 1.42. The minimum Gasteiger partial charge on any atom is -0.393 e. The monoisotopic (exact) mass is 493 g/mol. The zero-order valence-electron chi connectivity index (χ0n) is 20.2. The Morgan fingerprint density at radius 2 is 1.80 bits per heavy atom. The lowest BCUT2D eigenvalue weighted by Crippen LogP contribution is -2.41. The third-order valence-corrected chi connectivity index (χ3v) is 7.99. The maximum absolute atomic E-state index is 13.5. The fourth-order valence-corrected chi connectivity index (χ4v) is 5.88. The van der Waals surface area contributed by atoms with Gasteiger partial charge < -0.3 is 14.9 Å². The number of hydrogen-bond donors (Lipinski definition) is 1. The third kappa shape index (κ3) is 4.88. The van der Waals surface area contributed by atoms with Crippen LogP contribution in [-0.4, -0.2) is 67.2 Å². The van der Waals surface area contributed by atoms with Crippen molar-refractivity contribution in [3.05, 3.63) is 68.4 Å². The van der Waals surface area contributed by atoms with E-state index in [0.29, 0.717) is 62.6 Å². The summed E-state index contributed by atoms with van der Waals surface area (Å²) in [6.45, 7) is 6.45. The highest BCUT2D eigenvalue weighted by Gasteiger charge is 2.34. The van der Waals surface area contributed by atoms with Crippen molar-refractivity contribution in [2.24, 2.45) is 0 Å². The molecule has 9 heteroatoms. The van der Waals surface area contributed by atoms with Gasteiger partial charge in [-0.05, 0) is 38.7 Å². The highest BCUT2D eigenvalue weighted by molar-refractivity contribution is 7.13. The van der Waals surface area contributed by atoms with Gasteiger partial charge in [0.1, 0.15) is 4.88 Å². The van der Waals surface area contributed by atoms with Crippen molar-refractivity contribution >= 4 is 23.2 Å². The number of piperidine rings is 1. The first-order valence-corrected chi connectivity index (χ1v) is 13.1. The number of fused-ring (bicyclic) bond motifs is 1. The number of aromatic nitrogens is 3. The molecule has 4 heterocycles. The first-order valence-electron chi connectivity index (χ1n) is 12.2. The van der Waals surface area contributed by atoms with E-state index in [1.165, 1.54) is 16.9 Å². The zero-order chi connectivity index (χ0) is 24.5. The van der Waals surface area contributed by atoms with Gasteiger partial charge in [0.05, 0.1) is 23.4 Å². The zero-order valence-corrected chi connectivity index (χ0v) is 21.1. The summed E-state index contributed by atoms with van der Waals surface area (Å²) in [6.07, 6.45) is 2.29. The van der Waals surface area contributed by atoms with Crippen molar-refractivity contribution in [2.75, 3.05) is 19.6 Å². The van der Waals surface area contributed by atoms with E-state index in [1.54, 1.807) is 4.90 Å². The Hall–Kier alpha value is -3.04. The van der Waals surface area contributed by atoms with Crippen molar-refractivity contribution in [3.8, 4) is 0 Å². The molecule has 1 fully saturated rings. The van der Waals surface area contributed by atoms with Crippen LogP contribution in [0.15, 0.2) is 30.3 Å². The van der Waals surface area contributed by atoms with E-state index in [2.05, 4.69) is 17.1 Å². The largest absolute Gasteiger partial charge is 0.393 e. The number of aliphatic hydroxyl groups excluding tert-OH is 1. The fraction of sp³-hybridized carbons (Fsp3) is 0.462. The number of benzene rings is 1. The number of aryl methyl sites for hydroxylation is 4. The first kappa shape index (κ1) is 23.7. The van der Waals surface area contributed by atoms with Crippen LogP contribution in [0.2, 0.25) is 0 Å². The van der Waals surface area contributed by atoms with Gasteiger partial charge in [0.2, 0.25) is 0 Å². The number of nitrogens with zero attached hydrogens (tertiary/aromatic N) is 5. The van der Waals surface area contributed by atoms with Gasteiger partial charge in [-0.2, -0.15) is 5.10 Å². The van der Waals surface area contributed by atoms with Crippen LogP contribution < -0.4 is 0 Å². The van der Waals surface area contributed by atoms with Crippen molar-refractivity contribution in [2.45, 2.75) is 58.7 Å². The Bertz CT molecular complexity index is 1230. The highest BCUT2D eigenvalue weighted by Crippen LogP contribution is 2.28. The van der Waals surface area contributed by atoms with E-state index in [1.807, 2.05) is 41.6 Å². The van der Waals surface area contributed by atoms with Crippen molar-refractivity contribution < 1.29 is 14.7 Å². The molecule has 2 aromatic heterocycles. The Labute approximate surface area is 209 Å². The molecule has 184 valence electrons. The van der Waals surface area contributed by atoms with Gasteiger partial charge in [0.15, 0.2) is 5.69 Å². The fourth-order valence-electron chi connectivity index (χ4n) is 4.99. The summed E-state index contributed by atoms with van der Waals surface area (Å²) in [5, 5.41) is 15.6. The molecular formula is C26H31N5O3S. The molecule has 2 aliphatic heterocycles. The van der Waals surface area contributed by atoms with Crippen LogP contribution in [0.25, 0.3) is 0 Å². The summed E-state index contributed by atoms with van der Waals surface area (Å²) in [4.78, 5) is 35.5. The molecule has 2 aliphatic rings. The standard InChI is InChI=1S/C26H31N5O3S/c1-17-24(35-18(2)27-17)26(34)30-14-11-22-21(16-30)23(25(33)29-12-9-20(32)10-13-29)28-31(22)15-8-19-6-4-3-5-7-19/h3-7,20,32H,8-16H2,1-2H3. The molecule has 0 bridgehead atoms. The Morgan fingerprint density at radius 3 is 2.49 bits per heavy atom. The molecule has 3 aromatic rings. The second-order valence-electron chi connectivity index (χ2n) is 9.38. The number of thiazole rings is 1. The molecule has 0 spiro atoms. The first-order chi connectivity index (χ1) is 16.9. The maximum atomic E-state index is 13.5. The Morgan fingerprint density at radius 1 is 1.06 bits per heavy atom. The summed E-state index contributed by atoms with van der Waals surface area (Å²) in [7, 11) is 0. The van der Waals surface area contributed by atoms with E-state index in [9.17, 15) is 14.7 Å². The molecule has 1 saturated heterocycles. The number of carbonyl (C=O) groups excluding carboxylic acids is 2. The predicted molar refractivity (Wildman–Crippen MR) is 134 cm³/mol. The minimum absolute atomic E-state index is 0.0321. The third-order valence-electron chi connectivity index (χ3n) is 6.93. The second kappa shape index (κ2) is 9.91. The molecule has 35 heavy (non-hydrogen) atoms. The second-order valence-corrected chi connectivity index (χ2v) is 10.6. The average molecular weight is 494 g/mol. The quantitative estimate of drug-likeness (QED) is 0.590. The minimum atomic E-state index is -0.351. The molecule has 1 aromatic carbocycles. The molecule has 0 radical (unpaired) electrons. The van der Waals surface area contributed by atoms with Crippen LogP contribution in [0.3, 0.4) is 0 Å². The summed E-state index contributed by atoms with van der Waals surface area (Å²) in [5.74, 6) is -0.138. The van der Waals surface area contributed by atoms with Crippen LogP contribution in [0.4, 0.5) is 0 Å². The normalized spacial score (nSPS) is 16.4. The highest BCUT2D eigenvalue weighted by atomic mass is 32.1. The summed E-state index contributed by atoms with van der Waals surface area (Å²) in [6, 6.07) is 10.3. The van der Waals surface area contributed by atoms with Crippen LogP contribution in [0, 0.1) is 13.8 Å². The average Bonchev–Trinajstić information content (AvgIpc) is 3.41. The number of aliphatic hydroxyl groups is 1. The summed E-state index contributed by atoms with van der Waals surface area (Å²) < 4.78 is 1.97.